The number of anilines is 1. The number of carbonyl (C=O) groups is 2. The zero-order chi connectivity index (χ0) is 19.3. The van der Waals surface area contributed by atoms with E-state index in [0.29, 0.717) is 35.4 Å². The number of likely N-dealkylation sites (tertiary alicyclic amines) is 1. The number of nitrogens with zero attached hydrogens (tertiary/aromatic N) is 2. The lowest BCUT2D eigenvalue weighted by atomic mass is 10.2. The molecule has 0 spiro atoms. The van der Waals surface area contributed by atoms with Crippen LogP contribution in [-0.4, -0.2) is 73.6 Å². The molecular weight excluding hydrogens is 371 g/mol. The summed E-state index contributed by atoms with van der Waals surface area (Å²) in [5, 5.41) is 2.62. The molecule has 0 saturated carbocycles. The molecule has 1 N–H and O–H groups in total. The van der Waals surface area contributed by atoms with Crippen molar-refractivity contribution in [3.63, 3.8) is 0 Å². The number of benzene rings is 1. The van der Waals surface area contributed by atoms with Gasteiger partial charge in [0, 0.05) is 19.0 Å². The van der Waals surface area contributed by atoms with Gasteiger partial charge in [0.15, 0.2) is 0 Å². The summed E-state index contributed by atoms with van der Waals surface area (Å²) < 4.78 is 42.6. The molecule has 0 atom stereocenters. The number of hydrogen-bond donors (Lipinski definition) is 1. The molecule has 3 amide bonds. The minimum atomic E-state index is -4.28. The van der Waals surface area contributed by atoms with Crippen LogP contribution in [0.2, 0.25) is 0 Å². The maximum absolute atomic E-state index is 12.4. The number of likely N-dealkylation sites (N-methyl/N-ethyl adjacent to an activating group) is 1. The van der Waals surface area contributed by atoms with E-state index in [0.717, 1.165) is 0 Å². The van der Waals surface area contributed by atoms with Crippen LogP contribution in [0.1, 0.15) is 0 Å². The number of thioether (sulfide) groups is 1. The van der Waals surface area contributed by atoms with Crippen LogP contribution in [-0.2, 0) is 9.53 Å². The number of rotatable bonds is 6. The van der Waals surface area contributed by atoms with Crippen LogP contribution in [0.25, 0.3) is 0 Å². The van der Waals surface area contributed by atoms with Crippen molar-refractivity contribution in [3.8, 4) is 0 Å². The molecule has 1 aliphatic heterocycles. The molecule has 1 saturated heterocycles. The summed E-state index contributed by atoms with van der Waals surface area (Å²) >= 11 is 0.623. The number of halogens is 3. The smallest absolute Gasteiger partial charge is 0.365 e. The standard InChI is InChI=1S/C16H20F3N3O3S/c1-21(2)14(23)9-25-11-7-22(8-11)15(24)20-12-5-3-4-6-13(12)26-10-16(17,18)19/h3-6,11H,7-10H2,1-2H3,(H,20,24). The van der Waals surface area contributed by atoms with E-state index in [2.05, 4.69) is 5.32 Å². The number of alkyl halides is 3. The highest BCUT2D eigenvalue weighted by Crippen LogP contribution is 2.32. The summed E-state index contributed by atoms with van der Waals surface area (Å²) in [4.78, 5) is 26.9. The summed E-state index contributed by atoms with van der Waals surface area (Å²) in [6, 6.07) is 5.93. The molecule has 1 fully saturated rings. The Morgan fingerprint density at radius 1 is 1.31 bits per heavy atom. The van der Waals surface area contributed by atoms with Gasteiger partial charge in [-0.3, -0.25) is 4.79 Å². The molecule has 0 aromatic heterocycles. The maximum atomic E-state index is 12.4. The first-order valence-electron chi connectivity index (χ1n) is 7.82. The molecule has 2 rings (SSSR count). The molecule has 0 radical (unpaired) electrons. The van der Waals surface area contributed by atoms with Crippen molar-refractivity contribution < 1.29 is 27.5 Å². The fourth-order valence-electron chi connectivity index (χ4n) is 2.08. The summed E-state index contributed by atoms with van der Waals surface area (Å²) in [6.45, 7) is 0.596. The molecule has 6 nitrogen and oxygen atoms in total. The van der Waals surface area contributed by atoms with Gasteiger partial charge in [-0.2, -0.15) is 13.2 Å². The van der Waals surface area contributed by atoms with E-state index in [1.165, 1.54) is 15.9 Å². The second-order valence-corrected chi connectivity index (χ2v) is 6.97. The quantitative estimate of drug-likeness (QED) is 0.758. The van der Waals surface area contributed by atoms with E-state index in [9.17, 15) is 22.8 Å². The predicted molar refractivity (Wildman–Crippen MR) is 92.2 cm³/mol. The van der Waals surface area contributed by atoms with Crippen molar-refractivity contribution in [3.05, 3.63) is 24.3 Å². The molecule has 144 valence electrons. The number of hydrogen-bond acceptors (Lipinski definition) is 4. The van der Waals surface area contributed by atoms with Crippen LogP contribution in [0.3, 0.4) is 0 Å². The fraction of sp³-hybridized carbons (Fsp3) is 0.500. The lowest BCUT2D eigenvalue weighted by Gasteiger charge is -2.38. The Balaban J connectivity index is 1.81. The van der Waals surface area contributed by atoms with Crippen LogP contribution in [0.5, 0.6) is 0 Å². The number of nitrogens with one attached hydrogen (secondary N) is 1. The van der Waals surface area contributed by atoms with Gasteiger partial charge in [0.2, 0.25) is 5.91 Å². The Morgan fingerprint density at radius 3 is 2.58 bits per heavy atom. The Hall–Kier alpha value is -1.94. The highest BCUT2D eigenvalue weighted by atomic mass is 32.2. The molecule has 1 aromatic carbocycles. The van der Waals surface area contributed by atoms with E-state index >= 15 is 0 Å². The van der Waals surface area contributed by atoms with Gasteiger partial charge in [-0.15, -0.1) is 11.8 Å². The van der Waals surface area contributed by atoms with E-state index in [4.69, 9.17) is 4.74 Å². The molecule has 0 unspecified atom stereocenters. The molecule has 26 heavy (non-hydrogen) atoms. The van der Waals surface area contributed by atoms with Gasteiger partial charge in [-0.05, 0) is 12.1 Å². The molecular formula is C16H20F3N3O3S. The Labute approximate surface area is 153 Å². The Bertz CT molecular complexity index is 649. The van der Waals surface area contributed by atoms with E-state index < -0.39 is 18.0 Å². The zero-order valence-corrected chi connectivity index (χ0v) is 15.2. The topological polar surface area (TPSA) is 61.9 Å². The second kappa shape index (κ2) is 8.63. The summed E-state index contributed by atoms with van der Waals surface area (Å²) in [7, 11) is 3.25. The number of urea groups is 1. The first kappa shape index (κ1) is 20.4. The first-order valence-corrected chi connectivity index (χ1v) is 8.80. The van der Waals surface area contributed by atoms with Crippen LogP contribution in [0, 0.1) is 0 Å². The normalized spacial score (nSPS) is 14.7. The number of amides is 3. The first-order chi connectivity index (χ1) is 12.2. The van der Waals surface area contributed by atoms with Gasteiger partial charge >= 0.3 is 12.2 Å². The molecule has 1 aromatic rings. The van der Waals surface area contributed by atoms with Gasteiger partial charge in [0.1, 0.15) is 6.61 Å². The van der Waals surface area contributed by atoms with Crippen LogP contribution >= 0.6 is 11.8 Å². The van der Waals surface area contributed by atoms with Crippen molar-refractivity contribution in [2.24, 2.45) is 0 Å². The van der Waals surface area contributed by atoms with Crippen molar-refractivity contribution in [2.45, 2.75) is 17.2 Å². The monoisotopic (exact) mass is 391 g/mol. The highest BCUT2D eigenvalue weighted by molar-refractivity contribution is 7.99. The van der Waals surface area contributed by atoms with Crippen LogP contribution < -0.4 is 5.32 Å². The second-order valence-electron chi connectivity index (χ2n) is 5.96. The molecule has 1 heterocycles. The lowest BCUT2D eigenvalue weighted by Crippen LogP contribution is -2.56. The van der Waals surface area contributed by atoms with Crippen LogP contribution in [0.15, 0.2) is 29.2 Å². The molecule has 10 heteroatoms. The van der Waals surface area contributed by atoms with Gasteiger partial charge < -0.3 is 19.9 Å². The third kappa shape index (κ3) is 6.10. The molecule has 0 bridgehead atoms. The minimum absolute atomic E-state index is 0.0515. The highest BCUT2D eigenvalue weighted by Gasteiger charge is 2.32. The third-order valence-electron chi connectivity index (χ3n) is 3.60. The average Bonchev–Trinajstić information content (AvgIpc) is 2.51. The molecule has 1 aliphatic rings. The predicted octanol–water partition coefficient (Wildman–Crippen LogP) is 2.66. The number of carbonyl (C=O) groups excluding carboxylic acids is 2. The van der Waals surface area contributed by atoms with Gasteiger partial charge in [0.05, 0.1) is 30.6 Å². The average molecular weight is 391 g/mol. The van der Waals surface area contributed by atoms with Crippen molar-refractivity contribution in [1.82, 2.24) is 9.80 Å². The van der Waals surface area contributed by atoms with Gasteiger partial charge in [0.25, 0.3) is 0 Å². The Kier molecular flexibility index (Phi) is 6.76. The lowest BCUT2D eigenvalue weighted by molar-refractivity contribution is -0.138. The van der Waals surface area contributed by atoms with E-state index in [-0.39, 0.29) is 18.6 Å². The van der Waals surface area contributed by atoms with E-state index in [1.54, 1.807) is 32.3 Å². The van der Waals surface area contributed by atoms with Gasteiger partial charge in [-0.1, -0.05) is 12.1 Å². The summed E-state index contributed by atoms with van der Waals surface area (Å²) in [6.07, 6.45) is -4.51. The van der Waals surface area contributed by atoms with Crippen molar-refractivity contribution in [2.75, 3.05) is 44.9 Å². The zero-order valence-electron chi connectivity index (χ0n) is 14.4. The number of ether oxygens (including phenoxy) is 1. The SMILES string of the molecule is CN(C)C(=O)COC1CN(C(=O)Nc2ccccc2SCC(F)(F)F)C1. The summed E-state index contributed by atoms with van der Waals surface area (Å²) in [5.41, 5.74) is 0.332. The van der Waals surface area contributed by atoms with E-state index in [1.807, 2.05) is 0 Å². The minimum Gasteiger partial charge on any atom is -0.365 e. The molecule has 0 aliphatic carbocycles. The van der Waals surface area contributed by atoms with Crippen LogP contribution in [0.4, 0.5) is 23.7 Å². The van der Waals surface area contributed by atoms with Crippen molar-refractivity contribution >= 4 is 29.4 Å². The maximum Gasteiger partial charge on any atom is 0.398 e. The fourth-order valence-corrected chi connectivity index (χ4v) is 2.85. The largest absolute Gasteiger partial charge is 0.398 e. The van der Waals surface area contributed by atoms with Crippen molar-refractivity contribution in [1.29, 1.82) is 0 Å². The summed E-state index contributed by atoms with van der Waals surface area (Å²) in [5.74, 6) is -1.19. The number of para-hydroxylation sites is 1. The van der Waals surface area contributed by atoms with Gasteiger partial charge in [-0.25, -0.2) is 4.79 Å². The third-order valence-corrected chi connectivity index (χ3v) is 4.74. The Morgan fingerprint density at radius 2 is 1.96 bits per heavy atom.